The Morgan fingerprint density at radius 3 is 1.54 bits per heavy atom. The molecule has 76 valence electrons. The third kappa shape index (κ3) is 2.23. The Balaban J connectivity index is 1.83. The second-order valence-corrected chi connectivity index (χ2v) is 4.47. The number of nitrogens with zero attached hydrogens (tertiary/aromatic N) is 2. The molecule has 0 amide bonds. The van der Waals surface area contributed by atoms with E-state index in [1.807, 2.05) is 0 Å². The number of rotatable bonds is 2. The van der Waals surface area contributed by atoms with Gasteiger partial charge in [0.15, 0.2) is 0 Å². The van der Waals surface area contributed by atoms with E-state index < -0.39 is 0 Å². The van der Waals surface area contributed by atoms with Gasteiger partial charge >= 0.3 is 0 Å². The van der Waals surface area contributed by atoms with Crippen molar-refractivity contribution in [2.45, 2.75) is 45.2 Å². The Hall–Kier alpha value is -0.0800. The SMILES string of the molecule is CC(N1CCCCC1)N1CCCC1. The topological polar surface area (TPSA) is 6.48 Å². The Labute approximate surface area is 81.9 Å². The van der Waals surface area contributed by atoms with Gasteiger partial charge in [0.05, 0.1) is 6.17 Å². The summed E-state index contributed by atoms with van der Waals surface area (Å²) in [5.74, 6) is 0. The fraction of sp³-hybridized carbons (Fsp3) is 1.00. The summed E-state index contributed by atoms with van der Waals surface area (Å²) in [4.78, 5) is 5.31. The van der Waals surface area contributed by atoms with Gasteiger partial charge in [0, 0.05) is 0 Å². The summed E-state index contributed by atoms with van der Waals surface area (Å²) < 4.78 is 0. The monoisotopic (exact) mass is 182 g/mol. The van der Waals surface area contributed by atoms with Gasteiger partial charge in [0.25, 0.3) is 0 Å². The van der Waals surface area contributed by atoms with E-state index in [0.717, 1.165) is 0 Å². The Morgan fingerprint density at radius 1 is 0.692 bits per heavy atom. The van der Waals surface area contributed by atoms with Gasteiger partial charge in [0.2, 0.25) is 0 Å². The molecule has 0 aromatic carbocycles. The van der Waals surface area contributed by atoms with E-state index in [1.165, 1.54) is 58.3 Å². The van der Waals surface area contributed by atoms with Gasteiger partial charge in [0.1, 0.15) is 0 Å². The van der Waals surface area contributed by atoms with E-state index in [0.29, 0.717) is 6.17 Å². The lowest BCUT2D eigenvalue weighted by Crippen LogP contribution is -2.47. The molecule has 0 bridgehead atoms. The van der Waals surface area contributed by atoms with Crippen molar-refractivity contribution in [2.24, 2.45) is 0 Å². The molecule has 2 rings (SSSR count). The number of likely N-dealkylation sites (tertiary alicyclic amines) is 2. The van der Waals surface area contributed by atoms with Crippen LogP contribution in [0.3, 0.4) is 0 Å². The molecule has 0 aromatic heterocycles. The van der Waals surface area contributed by atoms with Crippen molar-refractivity contribution < 1.29 is 0 Å². The van der Waals surface area contributed by atoms with Gasteiger partial charge in [-0.05, 0) is 58.8 Å². The van der Waals surface area contributed by atoms with E-state index in [9.17, 15) is 0 Å². The Kier molecular flexibility index (Phi) is 3.23. The third-order valence-electron chi connectivity index (χ3n) is 3.59. The highest BCUT2D eigenvalue weighted by Crippen LogP contribution is 2.18. The van der Waals surface area contributed by atoms with E-state index in [2.05, 4.69) is 16.7 Å². The minimum absolute atomic E-state index is 0.711. The summed E-state index contributed by atoms with van der Waals surface area (Å²) in [5.41, 5.74) is 0. The van der Waals surface area contributed by atoms with Crippen molar-refractivity contribution in [3.63, 3.8) is 0 Å². The van der Waals surface area contributed by atoms with Gasteiger partial charge in [-0.2, -0.15) is 0 Å². The van der Waals surface area contributed by atoms with Crippen molar-refractivity contribution in [1.82, 2.24) is 9.80 Å². The van der Waals surface area contributed by atoms with Gasteiger partial charge in [-0.1, -0.05) is 6.42 Å². The molecule has 0 aromatic rings. The maximum Gasteiger partial charge on any atom is 0.0593 e. The summed E-state index contributed by atoms with van der Waals surface area (Å²) in [6, 6.07) is 0. The number of piperidine rings is 1. The average Bonchev–Trinajstić information content (AvgIpc) is 2.71. The van der Waals surface area contributed by atoms with Crippen LogP contribution in [0, 0.1) is 0 Å². The zero-order valence-electron chi connectivity index (χ0n) is 8.84. The van der Waals surface area contributed by atoms with Crippen LogP contribution in [0.4, 0.5) is 0 Å². The first-order valence-electron chi connectivity index (χ1n) is 5.86. The molecular formula is C11H22N2. The second kappa shape index (κ2) is 4.43. The molecule has 1 atom stereocenters. The minimum atomic E-state index is 0.711. The van der Waals surface area contributed by atoms with E-state index in [1.54, 1.807) is 0 Å². The van der Waals surface area contributed by atoms with Gasteiger partial charge in [-0.3, -0.25) is 9.80 Å². The van der Waals surface area contributed by atoms with Crippen molar-refractivity contribution >= 4 is 0 Å². The highest BCUT2D eigenvalue weighted by atomic mass is 15.4. The van der Waals surface area contributed by atoms with Crippen LogP contribution < -0.4 is 0 Å². The van der Waals surface area contributed by atoms with Crippen molar-refractivity contribution in [1.29, 1.82) is 0 Å². The summed E-state index contributed by atoms with van der Waals surface area (Å²) in [5, 5.41) is 0. The summed E-state index contributed by atoms with van der Waals surface area (Å²) in [6.45, 7) is 7.71. The molecule has 0 spiro atoms. The van der Waals surface area contributed by atoms with Crippen LogP contribution in [0.2, 0.25) is 0 Å². The van der Waals surface area contributed by atoms with Crippen molar-refractivity contribution in [3.05, 3.63) is 0 Å². The van der Waals surface area contributed by atoms with E-state index in [4.69, 9.17) is 0 Å². The van der Waals surface area contributed by atoms with Crippen LogP contribution in [-0.2, 0) is 0 Å². The maximum absolute atomic E-state index is 2.66. The fourth-order valence-corrected chi connectivity index (χ4v) is 2.64. The molecule has 0 aliphatic carbocycles. The van der Waals surface area contributed by atoms with Crippen LogP contribution >= 0.6 is 0 Å². The molecule has 1 unspecified atom stereocenters. The highest BCUT2D eigenvalue weighted by molar-refractivity contribution is 4.76. The minimum Gasteiger partial charge on any atom is -0.288 e. The molecule has 13 heavy (non-hydrogen) atoms. The number of hydrogen-bond donors (Lipinski definition) is 0. The summed E-state index contributed by atoms with van der Waals surface area (Å²) in [7, 11) is 0. The van der Waals surface area contributed by atoms with Gasteiger partial charge < -0.3 is 0 Å². The standard InChI is InChI=1S/C11H22N2/c1-11(13-9-5-6-10-13)12-7-3-2-4-8-12/h11H,2-10H2,1H3. The molecule has 2 aliphatic heterocycles. The van der Waals surface area contributed by atoms with Crippen LogP contribution in [0.25, 0.3) is 0 Å². The lowest BCUT2D eigenvalue weighted by atomic mass is 10.1. The predicted octanol–water partition coefficient (Wildman–Crippen LogP) is 1.91. The molecule has 0 N–H and O–H groups in total. The molecule has 2 fully saturated rings. The Morgan fingerprint density at radius 2 is 1.08 bits per heavy atom. The molecule has 0 radical (unpaired) electrons. The smallest absolute Gasteiger partial charge is 0.0593 e. The molecule has 2 saturated heterocycles. The van der Waals surface area contributed by atoms with Crippen molar-refractivity contribution in [3.8, 4) is 0 Å². The van der Waals surface area contributed by atoms with E-state index >= 15 is 0 Å². The van der Waals surface area contributed by atoms with Crippen LogP contribution in [0.1, 0.15) is 39.0 Å². The predicted molar refractivity (Wildman–Crippen MR) is 55.7 cm³/mol. The molecule has 2 heteroatoms. The summed E-state index contributed by atoms with van der Waals surface area (Å²) in [6.07, 6.45) is 7.82. The second-order valence-electron chi connectivity index (χ2n) is 4.47. The lowest BCUT2D eigenvalue weighted by Gasteiger charge is -2.37. The zero-order chi connectivity index (χ0) is 9.10. The quantitative estimate of drug-likeness (QED) is 0.643. The van der Waals surface area contributed by atoms with Gasteiger partial charge in [-0.15, -0.1) is 0 Å². The van der Waals surface area contributed by atoms with Crippen molar-refractivity contribution in [2.75, 3.05) is 26.2 Å². The van der Waals surface area contributed by atoms with Crippen LogP contribution in [0.15, 0.2) is 0 Å². The first kappa shape index (κ1) is 9.47. The average molecular weight is 182 g/mol. The van der Waals surface area contributed by atoms with Crippen LogP contribution in [-0.4, -0.2) is 42.1 Å². The fourth-order valence-electron chi connectivity index (χ4n) is 2.64. The molecule has 2 aliphatic rings. The van der Waals surface area contributed by atoms with Gasteiger partial charge in [-0.25, -0.2) is 0 Å². The highest BCUT2D eigenvalue weighted by Gasteiger charge is 2.24. The maximum atomic E-state index is 2.66. The first-order valence-corrected chi connectivity index (χ1v) is 5.86. The lowest BCUT2D eigenvalue weighted by molar-refractivity contribution is 0.0574. The largest absolute Gasteiger partial charge is 0.288 e. The zero-order valence-corrected chi connectivity index (χ0v) is 8.84. The molecule has 2 nitrogen and oxygen atoms in total. The Bertz CT molecular complexity index is 146. The summed E-state index contributed by atoms with van der Waals surface area (Å²) >= 11 is 0. The molecule has 2 heterocycles. The molecular weight excluding hydrogens is 160 g/mol. The number of hydrogen-bond acceptors (Lipinski definition) is 2. The first-order chi connectivity index (χ1) is 6.38. The normalized spacial score (nSPS) is 29.3. The van der Waals surface area contributed by atoms with Crippen LogP contribution in [0.5, 0.6) is 0 Å². The third-order valence-corrected chi connectivity index (χ3v) is 3.59. The van der Waals surface area contributed by atoms with E-state index in [-0.39, 0.29) is 0 Å². The molecule has 0 saturated carbocycles.